The summed E-state index contributed by atoms with van der Waals surface area (Å²) < 4.78 is 1.76. The molecule has 1 unspecified atom stereocenters. The number of hydrogen-bond donors (Lipinski definition) is 1. The van der Waals surface area contributed by atoms with Gasteiger partial charge in [0.05, 0.1) is 23.1 Å². The van der Waals surface area contributed by atoms with Gasteiger partial charge in [0, 0.05) is 30.7 Å². The number of carbonyl (C=O) groups is 1. The van der Waals surface area contributed by atoms with E-state index < -0.39 is 0 Å². The maximum atomic E-state index is 12.8. The van der Waals surface area contributed by atoms with Gasteiger partial charge < -0.3 is 10.2 Å². The smallest absolute Gasteiger partial charge is 0.257 e. The number of aromatic nitrogens is 2. The summed E-state index contributed by atoms with van der Waals surface area (Å²) in [6, 6.07) is 7.64. The molecule has 0 radical (unpaired) electrons. The predicted octanol–water partition coefficient (Wildman–Crippen LogP) is 2.27. The van der Waals surface area contributed by atoms with E-state index in [9.17, 15) is 4.79 Å². The molecular weight excluding hydrogens is 300 g/mol. The van der Waals surface area contributed by atoms with Gasteiger partial charge in [-0.1, -0.05) is 17.7 Å². The standard InChI is InChI=1S/C16H19ClN4O/c1-11-9-18-6-7-20(11)16(22)15-10-19-21(12(15)2)14-5-3-4-13(17)8-14/h3-5,8,10-11,18H,6-7,9H2,1-2H3. The summed E-state index contributed by atoms with van der Waals surface area (Å²) in [4.78, 5) is 14.7. The SMILES string of the molecule is Cc1c(C(=O)N2CCNCC2C)cnn1-c1cccc(Cl)c1. The lowest BCUT2D eigenvalue weighted by molar-refractivity contribution is 0.0655. The Bertz CT molecular complexity index is 697. The lowest BCUT2D eigenvalue weighted by Gasteiger charge is -2.33. The minimum Gasteiger partial charge on any atom is -0.333 e. The second-order valence-corrected chi connectivity index (χ2v) is 6.02. The molecule has 22 heavy (non-hydrogen) atoms. The number of hydrogen-bond acceptors (Lipinski definition) is 3. The zero-order valence-electron chi connectivity index (χ0n) is 12.7. The van der Waals surface area contributed by atoms with Crippen molar-refractivity contribution in [3.63, 3.8) is 0 Å². The molecule has 0 aliphatic carbocycles. The van der Waals surface area contributed by atoms with Crippen LogP contribution >= 0.6 is 11.6 Å². The highest BCUT2D eigenvalue weighted by atomic mass is 35.5. The van der Waals surface area contributed by atoms with Crippen molar-refractivity contribution in [3.8, 4) is 5.69 Å². The highest BCUT2D eigenvalue weighted by molar-refractivity contribution is 6.30. The fourth-order valence-electron chi connectivity index (χ4n) is 2.79. The molecule has 1 aliphatic heterocycles. The minimum atomic E-state index is 0.0415. The van der Waals surface area contributed by atoms with Gasteiger partial charge in [0.25, 0.3) is 5.91 Å². The van der Waals surface area contributed by atoms with Gasteiger partial charge in [-0.05, 0) is 32.0 Å². The first-order valence-electron chi connectivity index (χ1n) is 7.40. The van der Waals surface area contributed by atoms with Gasteiger partial charge in [0.1, 0.15) is 0 Å². The molecule has 0 saturated carbocycles. The molecule has 1 fully saturated rings. The second-order valence-electron chi connectivity index (χ2n) is 5.59. The van der Waals surface area contributed by atoms with E-state index in [4.69, 9.17) is 11.6 Å². The summed E-state index contributed by atoms with van der Waals surface area (Å²) >= 11 is 6.03. The molecule has 5 nitrogen and oxygen atoms in total. The molecule has 1 aromatic heterocycles. The molecule has 0 spiro atoms. The van der Waals surface area contributed by atoms with Crippen molar-refractivity contribution in [1.29, 1.82) is 0 Å². The first-order valence-corrected chi connectivity index (χ1v) is 7.78. The summed E-state index contributed by atoms with van der Waals surface area (Å²) in [7, 11) is 0. The lowest BCUT2D eigenvalue weighted by atomic mass is 10.1. The number of nitrogens with one attached hydrogen (secondary N) is 1. The Morgan fingerprint density at radius 3 is 3.00 bits per heavy atom. The number of piperazine rings is 1. The maximum absolute atomic E-state index is 12.8. The molecule has 1 N–H and O–H groups in total. The van der Waals surface area contributed by atoms with Crippen LogP contribution in [0.25, 0.3) is 5.69 Å². The summed E-state index contributed by atoms with van der Waals surface area (Å²) in [5, 5.41) is 8.31. The van der Waals surface area contributed by atoms with E-state index in [1.54, 1.807) is 10.9 Å². The van der Waals surface area contributed by atoms with Crippen molar-refractivity contribution < 1.29 is 4.79 Å². The highest BCUT2D eigenvalue weighted by Crippen LogP contribution is 2.19. The molecular formula is C16H19ClN4O. The van der Waals surface area contributed by atoms with Crippen molar-refractivity contribution in [2.75, 3.05) is 19.6 Å². The van der Waals surface area contributed by atoms with Crippen LogP contribution in [0, 0.1) is 6.92 Å². The van der Waals surface area contributed by atoms with Crippen LogP contribution in [0.15, 0.2) is 30.5 Å². The quantitative estimate of drug-likeness (QED) is 0.924. The van der Waals surface area contributed by atoms with Crippen molar-refractivity contribution >= 4 is 17.5 Å². The molecule has 1 saturated heterocycles. The monoisotopic (exact) mass is 318 g/mol. The predicted molar refractivity (Wildman–Crippen MR) is 86.7 cm³/mol. The third-order valence-corrected chi connectivity index (χ3v) is 4.29. The van der Waals surface area contributed by atoms with Crippen molar-refractivity contribution in [3.05, 3.63) is 46.7 Å². The maximum Gasteiger partial charge on any atom is 0.257 e. The number of rotatable bonds is 2. The van der Waals surface area contributed by atoms with Crippen LogP contribution < -0.4 is 5.32 Å². The number of carbonyl (C=O) groups excluding carboxylic acids is 1. The van der Waals surface area contributed by atoms with E-state index in [-0.39, 0.29) is 11.9 Å². The molecule has 1 atom stereocenters. The van der Waals surface area contributed by atoms with Crippen LogP contribution in [0.1, 0.15) is 23.0 Å². The Balaban J connectivity index is 1.91. The summed E-state index contributed by atoms with van der Waals surface area (Å²) in [6.07, 6.45) is 1.65. The first kappa shape index (κ1) is 15.1. The molecule has 3 rings (SSSR count). The van der Waals surface area contributed by atoms with Crippen LogP contribution in [0.3, 0.4) is 0 Å². The number of benzene rings is 1. The molecule has 116 valence electrons. The third-order valence-electron chi connectivity index (χ3n) is 4.06. The van der Waals surface area contributed by atoms with Crippen LogP contribution in [0.4, 0.5) is 0 Å². The van der Waals surface area contributed by atoms with Gasteiger partial charge >= 0.3 is 0 Å². The van der Waals surface area contributed by atoms with E-state index in [0.29, 0.717) is 10.6 Å². The Labute approximate surface area is 134 Å². The van der Waals surface area contributed by atoms with Gasteiger partial charge in [-0.15, -0.1) is 0 Å². The van der Waals surface area contributed by atoms with Crippen LogP contribution in [-0.4, -0.2) is 46.3 Å². The fourth-order valence-corrected chi connectivity index (χ4v) is 2.97. The molecule has 1 aromatic carbocycles. The summed E-state index contributed by atoms with van der Waals surface area (Å²) in [5.74, 6) is 0.0415. The summed E-state index contributed by atoms with van der Waals surface area (Å²) in [5.41, 5.74) is 2.34. The van der Waals surface area contributed by atoms with Gasteiger partial charge in [0.15, 0.2) is 0 Å². The van der Waals surface area contributed by atoms with Crippen LogP contribution in [0.5, 0.6) is 0 Å². The normalized spacial score (nSPS) is 18.5. The Morgan fingerprint density at radius 1 is 1.45 bits per heavy atom. The largest absolute Gasteiger partial charge is 0.333 e. The van der Waals surface area contributed by atoms with E-state index in [2.05, 4.69) is 17.3 Å². The molecule has 0 bridgehead atoms. The second kappa shape index (κ2) is 6.10. The molecule has 6 heteroatoms. The van der Waals surface area contributed by atoms with E-state index in [1.807, 2.05) is 36.1 Å². The molecule has 1 aliphatic rings. The Morgan fingerprint density at radius 2 is 2.27 bits per heavy atom. The summed E-state index contributed by atoms with van der Waals surface area (Å²) in [6.45, 7) is 6.35. The Hall–Kier alpha value is -1.85. The zero-order valence-corrected chi connectivity index (χ0v) is 13.5. The van der Waals surface area contributed by atoms with E-state index >= 15 is 0 Å². The first-order chi connectivity index (χ1) is 10.6. The number of halogens is 1. The zero-order chi connectivity index (χ0) is 15.7. The van der Waals surface area contributed by atoms with Crippen LogP contribution in [0.2, 0.25) is 5.02 Å². The fraction of sp³-hybridized carbons (Fsp3) is 0.375. The van der Waals surface area contributed by atoms with Crippen LogP contribution in [-0.2, 0) is 0 Å². The third kappa shape index (κ3) is 2.74. The van der Waals surface area contributed by atoms with Gasteiger partial charge in [-0.2, -0.15) is 5.10 Å². The topological polar surface area (TPSA) is 50.2 Å². The average Bonchev–Trinajstić information content (AvgIpc) is 2.89. The molecule has 2 aromatic rings. The molecule has 2 heterocycles. The minimum absolute atomic E-state index is 0.0415. The highest BCUT2D eigenvalue weighted by Gasteiger charge is 2.26. The van der Waals surface area contributed by atoms with Gasteiger partial charge in [-0.25, -0.2) is 4.68 Å². The van der Waals surface area contributed by atoms with E-state index in [0.717, 1.165) is 31.0 Å². The molecule has 1 amide bonds. The number of amides is 1. The Kier molecular flexibility index (Phi) is 4.18. The van der Waals surface area contributed by atoms with Crippen molar-refractivity contribution in [1.82, 2.24) is 20.0 Å². The average molecular weight is 319 g/mol. The van der Waals surface area contributed by atoms with Crippen molar-refractivity contribution in [2.45, 2.75) is 19.9 Å². The van der Waals surface area contributed by atoms with Gasteiger partial charge in [-0.3, -0.25) is 4.79 Å². The lowest BCUT2D eigenvalue weighted by Crippen LogP contribution is -2.52. The van der Waals surface area contributed by atoms with Gasteiger partial charge in [0.2, 0.25) is 0 Å². The van der Waals surface area contributed by atoms with E-state index in [1.165, 1.54) is 0 Å². The van der Waals surface area contributed by atoms with Crippen molar-refractivity contribution in [2.24, 2.45) is 0 Å². The number of nitrogens with zero attached hydrogens (tertiary/aromatic N) is 3.